The van der Waals surface area contributed by atoms with Crippen LogP contribution in [0.1, 0.15) is 32.6 Å². The van der Waals surface area contributed by atoms with Gasteiger partial charge in [-0.3, -0.25) is 0 Å². The van der Waals surface area contributed by atoms with E-state index in [0.29, 0.717) is 6.04 Å². The second-order valence-electron chi connectivity index (χ2n) is 4.16. The van der Waals surface area contributed by atoms with E-state index in [-0.39, 0.29) is 0 Å². The molecule has 0 heterocycles. The minimum Gasteiger partial charge on any atom is -0.401 e. The van der Waals surface area contributed by atoms with Crippen LogP contribution in [0.15, 0.2) is 48.4 Å². The Bertz CT molecular complexity index is 297. The number of nitrogens with two attached hydrogens (primary N) is 1. The molecule has 0 saturated heterocycles. The van der Waals surface area contributed by atoms with E-state index in [0.717, 1.165) is 24.2 Å². The van der Waals surface area contributed by atoms with Gasteiger partial charge in [0, 0.05) is 11.7 Å². The van der Waals surface area contributed by atoms with Gasteiger partial charge < -0.3 is 11.1 Å². The first kappa shape index (κ1) is 12.6. The zero-order valence-electron chi connectivity index (χ0n) is 10.1. The summed E-state index contributed by atoms with van der Waals surface area (Å²) < 4.78 is 0. The SMILES string of the molecule is C=C/C=C\C(NC1CCC=CCC1)=C(/C)N. The molecule has 0 atom stereocenters. The van der Waals surface area contributed by atoms with Crippen molar-refractivity contribution >= 4 is 0 Å². The Morgan fingerprint density at radius 3 is 2.50 bits per heavy atom. The predicted molar refractivity (Wildman–Crippen MR) is 70.8 cm³/mol. The summed E-state index contributed by atoms with van der Waals surface area (Å²) >= 11 is 0. The molecule has 0 bridgehead atoms. The standard InChI is InChI=1S/C14H22N2/c1-3-4-11-14(12(2)15)16-13-9-7-5-6-8-10-13/h3-6,11,13,16H,1,7-10,15H2,2H3/b11-4-,14-12-. The average molecular weight is 218 g/mol. The first-order valence-corrected chi connectivity index (χ1v) is 5.91. The third-order valence-electron chi connectivity index (χ3n) is 2.71. The minimum atomic E-state index is 0.526. The van der Waals surface area contributed by atoms with Crippen molar-refractivity contribution in [2.45, 2.75) is 38.6 Å². The number of nitrogens with one attached hydrogen (secondary N) is 1. The van der Waals surface area contributed by atoms with E-state index in [2.05, 4.69) is 24.0 Å². The van der Waals surface area contributed by atoms with Crippen LogP contribution in [-0.2, 0) is 0 Å². The number of hydrogen-bond acceptors (Lipinski definition) is 2. The lowest BCUT2D eigenvalue weighted by molar-refractivity contribution is 0.512. The monoisotopic (exact) mass is 218 g/mol. The molecular formula is C14H22N2. The molecule has 2 heteroatoms. The Labute approximate surface area is 98.6 Å². The van der Waals surface area contributed by atoms with Gasteiger partial charge in [0.05, 0.1) is 5.70 Å². The van der Waals surface area contributed by atoms with Gasteiger partial charge in [0.1, 0.15) is 0 Å². The van der Waals surface area contributed by atoms with Gasteiger partial charge in [-0.15, -0.1) is 0 Å². The second-order valence-corrected chi connectivity index (χ2v) is 4.16. The van der Waals surface area contributed by atoms with Crippen LogP contribution in [0.2, 0.25) is 0 Å². The van der Waals surface area contributed by atoms with Gasteiger partial charge in [0.25, 0.3) is 0 Å². The van der Waals surface area contributed by atoms with Gasteiger partial charge in [0.15, 0.2) is 0 Å². The number of rotatable bonds is 4. The summed E-state index contributed by atoms with van der Waals surface area (Å²) in [6.07, 6.45) is 14.8. The van der Waals surface area contributed by atoms with Gasteiger partial charge in [0.2, 0.25) is 0 Å². The topological polar surface area (TPSA) is 38.0 Å². The summed E-state index contributed by atoms with van der Waals surface area (Å²) in [5.41, 5.74) is 7.70. The van der Waals surface area contributed by atoms with Crippen molar-refractivity contribution in [1.82, 2.24) is 5.32 Å². The summed E-state index contributed by atoms with van der Waals surface area (Å²) in [7, 11) is 0. The Balaban J connectivity index is 2.58. The summed E-state index contributed by atoms with van der Waals surface area (Å²) in [6, 6.07) is 0.526. The third kappa shape index (κ3) is 4.39. The quantitative estimate of drug-likeness (QED) is 0.562. The van der Waals surface area contributed by atoms with Crippen LogP contribution in [0.4, 0.5) is 0 Å². The second kappa shape index (κ2) is 6.94. The normalized spacial score (nSPS) is 19.3. The molecule has 1 rings (SSSR count). The highest BCUT2D eigenvalue weighted by Gasteiger charge is 2.10. The maximum absolute atomic E-state index is 5.85. The molecule has 1 aliphatic carbocycles. The molecule has 0 amide bonds. The maximum atomic E-state index is 5.85. The van der Waals surface area contributed by atoms with Crippen molar-refractivity contribution < 1.29 is 0 Å². The molecule has 0 aromatic heterocycles. The van der Waals surface area contributed by atoms with Crippen LogP contribution in [0, 0.1) is 0 Å². The van der Waals surface area contributed by atoms with Crippen molar-refractivity contribution in [2.75, 3.05) is 0 Å². The largest absolute Gasteiger partial charge is 0.401 e. The van der Waals surface area contributed by atoms with Crippen molar-refractivity contribution in [2.24, 2.45) is 5.73 Å². The van der Waals surface area contributed by atoms with Gasteiger partial charge in [-0.05, 0) is 38.7 Å². The van der Waals surface area contributed by atoms with E-state index in [1.807, 2.05) is 19.1 Å². The van der Waals surface area contributed by atoms with Gasteiger partial charge >= 0.3 is 0 Å². The van der Waals surface area contributed by atoms with E-state index >= 15 is 0 Å². The fourth-order valence-corrected chi connectivity index (χ4v) is 1.80. The number of allylic oxidation sites excluding steroid dienone is 6. The molecule has 0 unspecified atom stereocenters. The van der Waals surface area contributed by atoms with Crippen LogP contribution >= 0.6 is 0 Å². The van der Waals surface area contributed by atoms with Crippen LogP contribution < -0.4 is 11.1 Å². The first-order chi connectivity index (χ1) is 7.74. The van der Waals surface area contributed by atoms with Gasteiger partial charge in [-0.2, -0.15) is 0 Å². The van der Waals surface area contributed by atoms with E-state index < -0.39 is 0 Å². The average Bonchev–Trinajstić information content (AvgIpc) is 2.52. The molecule has 0 spiro atoms. The molecule has 2 nitrogen and oxygen atoms in total. The van der Waals surface area contributed by atoms with Crippen LogP contribution in [0.3, 0.4) is 0 Å². The Morgan fingerprint density at radius 2 is 2.00 bits per heavy atom. The predicted octanol–water partition coefficient (Wildman–Crippen LogP) is 3.01. The van der Waals surface area contributed by atoms with Crippen molar-refractivity contribution in [3.8, 4) is 0 Å². The Kier molecular flexibility index (Phi) is 5.48. The molecule has 0 radical (unpaired) electrons. The summed E-state index contributed by atoms with van der Waals surface area (Å²) in [5, 5.41) is 3.51. The lowest BCUT2D eigenvalue weighted by Gasteiger charge is -2.19. The van der Waals surface area contributed by atoms with E-state index in [9.17, 15) is 0 Å². The first-order valence-electron chi connectivity index (χ1n) is 5.91. The van der Waals surface area contributed by atoms with Gasteiger partial charge in [-0.25, -0.2) is 0 Å². The summed E-state index contributed by atoms with van der Waals surface area (Å²) in [5.74, 6) is 0. The van der Waals surface area contributed by atoms with Crippen molar-refractivity contribution in [3.63, 3.8) is 0 Å². The van der Waals surface area contributed by atoms with E-state index in [4.69, 9.17) is 5.73 Å². The molecule has 0 aromatic rings. The molecule has 0 fully saturated rings. The molecule has 16 heavy (non-hydrogen) atoms. The lowest BCUT2D eigenvalue weighted by Crippen LogP contribution is -2.29. The molecule has 3 N–H and O–H groups in total. The smallest absolute Gasteiger partial charge is 0.0530 e. The highest BCUT2D eigenvalue weighted by atomic mass is 14.9. The van der Waals surface area contributed by atoms with Crippen molar-refractivity contribution in [3.05, 3.63) is 48.4 Å². The van der Waals surface area contributed by atoms with Gasteiger partial charge in [-0.1, -0.05) is 30.9 Å². The molecule has 0 saturated carbocycles. The summed E-state index contributed by atoms with van der Waals surface area (Å²) in [4.78, 5) is 0. The Hall–Kier alpha value is -1.44. The van der Waals surface area contributed by atoms with Crippen molar-refractivity contribution in [1.29, 1.82) is 0 Å². The zero-order chi connectivity index (χ0) is 11.8. The lowest BCUT2D eigenvalue weighted by atomic mass is 10.1. The number of hydrogen-bond donors (Lipinski definition) is 2. The maximum Gasteiger partial charge on any atom is 0.0530 e. The highest BCUT2D eigenvalue weighted by Crippen LogP contribution is 2.13. The fraction of sp³-hybridized carbons (Fsp3) is 0.429. The molecular weight excluding hydrogens is 196 g/mol. The van der Waals surface area contributed by atoms with Crippen LogP contribution in [0.25, 0.3) is 0 Å². The van der Waals surface area contributed by atoms with Crippen LogP contribution in [0.5, 0.6) is 0 Å². The fourth-order valence-electron chi connectivity index (χ4n) is 1.80. The third-order valence-corrected chi connectivity index (χ3v) is 2.71. The molecule has 1 aliphatic rings. The van der Waals surface area contributed by atoms with E-state index in [1.54, 1.807) is 6.08 Å². The molecule has 0 aliphatic heterocycles. The summed E-state index contributed by atoms with van der Waals surface area (Å²) in [6.45, 7) is 5.59. The Morgan fingerprint density at radius 1 is 1.38 bits per heavy atom. The van der Waals surface area contributed by atoms with E-state index in [1.165, 1.54) is 12.8 Å². The highest BCUT2D eigenvalue weighted by molar-refractivity contribution is 5.24. The molecule has 0 aromatic carbocycles. The molecule has 88 valence electrons. The zero-order valence-corrected chi connectivity index (χ0v) is 10.1. The minimum absolute atomic E-state index is 0.526. The van der Waals surface area contributed by atoms with Crippen LogP contribution in [-0.4, -0.2) is 6.04 Å².